The molecule has 3 atom stereocenters. The van der Waals surface area contributed by atoms with Gasteiger partial charge in [0.05, 0.1) is 12.2 Å². The van der Waals surface area contributed by atoms with Crippen LogP contribution in [0.4, 0.5) is 0 Å². The van der Waals surface area contributed by atoms with Crippen LogP contribution in [0.5, 0.6) is 0 Å². The Balaban J connectivity index is 1.74. The predicted octanol–water partition coefficient (Wildman–Crippen LogP) is 2.14. The van der Waals surface area contributed by atoms with Gasteiger partial charge in [-0.25, -0.2) is 0 Å². The molecule has 1 aliphatic carbocycles. The van der Waals surface area contributed by atoms with Gasteiger partial charge in [-0.2, -0.15) is 0 Å². The molecule has 1 amide bonds. The number of nitrogens with one attached hydrogen (secondary N) is 1. The van der Waals surface area contributed by atoms with Gasteiger partial charge >= 0.3 is 0 Å². The van der Waals surface area contributed by atoms with E-state index in [0.717, 1.165) is 26.1 Å². The third-order valence-corrected chi connectivity index (χ3v) is 5.58. The average Bonchev–Trinajstić information content (AvgIpc) is 3.09. The Kier molecular flexibility index (Phi) is 4.32. The minimum atomic E-state index is -0.0112. The van der Waals surface area contributed by atoms with Crippen LogP contribution < -0.4 is 5.32 Å². The molecule has 1 N–H and O–H groups in total. The van der Waals surface area contributed by atoms with Crippen molar-refractivity contribution in [1.82, 2.24) is 10.2 Å². The second-order valence-corrected chi connectivity index (χ2v) is 6.81. The zero-order valence-electron chi connectivity index (χ0n) is 12.8. The molecule has 114 valence electrons. The second-order valence-electron chi connectivity index (χ2n) is 6.81. The first-order valence-electron chi connectivity index (χ1n) is 8.34. The highest BCUT2D eigenvalue weighted by Crippen LogP contribution is 2.35. The highest BCUT2D eigenvalue weighted by Gasteiger charge is 2.44. The fourth-order valence-corrected chi connectivity index (χ4v) is 4.28. The van der Waals surface area contributed by atoms with Crippen LogP contribution in [0.25, 0.3) is 0 Å². The van der Waals surface area contributed by atoms with Crippen LogP contribution in [0.1, 0.15) is 52.4 Å². The molecule has 0 aromatic carbocycles. The van der Waals surface area contributed by atoms with E-state index in [0.29, 0.717) is 23.8 Å². The van der Waals surface area contributed by atoms with Crippen LogP contribution in [-0.2, 0) is 9.53 Å². The molecule has 3 aliphatic rings. The molecule has 4 heteroatoms. The zero-order chi connectivity index (χ0) is 14.1. The minimum absolute atomic E-state index is 0.0112. The maximum Gasteiger partial charge on any atom is 0.240 e. The Labute approximate surface area is 122 Å². The summed E-state index contributed by atoms with van der Waals surface area (Å²) >= 11 is 0. The lowest BCUT2D eigenvalue weighted by atomic mass is 9.90. The van der Waals surface area contributed by atoms with Crippen molar-refractivity contribution in [3.05, 3.63) is 0 Å². The molecular weight excluding hydrogens is 252 g/mol. The first kappa shape index (κ1) is 14.3. The molecule has 2 aliphatic heterocycles. The second kappa shape index (κ2) is 6.02. The number of amides is 1. The van der Waals surface area contributed by atoms with Gasteiger partial charge in [0.1, 0.15) is 0 Å². The Hall–Kier alpha value is -0.610. The van der Waals surface area contributed by atoms with E-state index in [-0.39, 0.29) is 12.2 Å². The molecule has 0 aromatic heterocycles. The first-order valence-corrected chi connectivity index (χ1v) is 8.34. The number of rotatable bonds is 3. The topological polar surface area (TPSA) is 41.6 Å². The Morgan fingerprint density at radius 1 is 1.20 bits per heavy atom. The molecule has 3 unspecified atom stereocenters. The molecule has 20 heavy (non-hydrogen) atoms. The van der Waals surface area contributed by atoms with Gasteiger partial charge in [0, 0.05) is 19.3 Å². The Morgan fingerprint density at radius 2 is 1.85 bits per heavy atom. The summed E-state index contributed by atoms with van der Waals surface area (Å²) in [5, 5.41) is 3.56. The molecule has 0 aromatic rings. The van der Waals surface area contributed by atoms with Crippen LogP contribution in [-0.4, -0.2) is 42.3 Å². The SMILES string of the molecule is CC1NC(C2CCCC2)N(C(C)C2CCOCC2)C1=O. The third kappa shape index (κ3) is 2.60. The summed E-state index contributed by atoms with van der Waals surface area (Å²) in [6.45, 7) is 5.97. The van der Waals surface area contributed by atoms with Crippen molar-refractivity contribution in [2.45, 2.75) is 70.6 Å². The number of hydrogen-bond donors (Lipinski definition) is 1. The van der Waals surface area contributed by atoms with Crippen LogP contribution in [0.15, 0.2) is 0 Å². The van der Waals surface area contributed by atoms with E-state index >= 15 is 0 Å². The van der Waals surface area contributed by atoms with Crippen molar-refractivity contribution < 1.29 is 9.53 Å². The van der Waals surface area contributed by atoms with E-state index in [1.807, 2.05) is 6.92 Å². The van der Waals surface area contributed by atoms with Crippen molar-refractivity contribution in [1.29, 1.82) is 0 Å². The molecular formula is C16H28N2O2. The van der Waals surface area contributed by atoms with Crippen molar-refractivity contribution in [2.24, 2.45) is 11.8 Å². The smallest absolute Gasteiger partial charge is 0.240 e. The summed E-state index contributed by atoms with van der Waals surface area (Å²) in [4.78, 5) is 14.8. The van der Waals surface area contributed by atoms with Gasteiger partial charge in [-0.05, 0) is 51.4 Å². The summed E-state index contributed by atoms with van der Waals surface area (Å²) in [7, 11) is 0. The van der Waals surface area contributed by atoms with Crippen molar-refractivity contribution in [3.8, 4) is 0 Å². The predicted molar refractivity (Wildman–Crippen MR) is 78.2 cm³/mol. The summed E-state index contributed by atoms with van der Waals surface area (Å²) < 4.78 is 5.47. The van der Waals surface area contributed by atoms with E-state index in [9.17, 15) is 4.79 Å². The maximum absolute atomic E-state index is 12.6. The van der Waals surface area contributed by atoms with Crippen molar-refractivity contribution >= 4 is 5.91 Å². The number of ether oxygens (including phenoxy) is 1. The molecule has 2 heterocycles. The van der Waals surface area contributed by atoms with E-state index in [1.54, 1.807) is 0 Å². The van der Waals surface area contributed by atoms with Crippen LogP contribution in [0.2, 0.25) is 0 Å². The van der Waals surface area contributed by atoms with Crippen molar-refractivity contribution in [3.63, 3.8) is 0 Å². The van der Waals surface area contributed by atoms with E-state index < -0.39 is 0 Å². The summed E-state index contributed by atoms with van der Waals surface area (Å²) in [5.41, 5.74) is 0. The summed E-state index contributed by atoms with van der Waals surface area (Å²) in [6.07, 6.45) is 7.66. The molecule has 4 nitrogen and oxygen atoms in total. The fraction of sp³-hybridized carbons (Fsp3) is 0.938. The lowest BCUT2D eigenvalue weighted by Gasteiger charge is -2.39. The highest BCUT2D eigenvalue weighted by atomic mass is 16.5. The number of hydrogen-bond acceptors (Lipinski definition) is 3. The van der Waals surface area contributed by atoms with Gasteiger partial charge in [0.2, 0.25) is 5.91 Å². The standard InChI is InChI=1S/C16H28N2O2/c1-11-16(19)18(12(2)13-7-9-20-10-8-13)15(17-11)14-5-3-4-6-14/h11-15,17H,3-10H2,1-2H3. The lowest BCUT2D eigenvalue weighted by Crippen LogP contribution is -2.50. The molecule has 0 bridgehead atoms. The maximum atomic E-state index is 12.6. The zero-order valence-corrected chi connectivity index (χ0v) is 12.8. The molecule has 0 spiro atoms. The lowest BCUT2D eigenvalue weighted by molar-refractivity contribution is -0.134. The number of carbonyl (C=O) groups excluding carboxylic acids is 1. The van der Waals surface area contributed by atoms with Gasteiger partial charge in [-0.1, -0.05) is 12.8 Å². The van der Waals surface area contributed by atoms with Gasteiger partial charge in [-0.3, -0.25) is 10.1 Å². The molecule has 3 fully saturated rings. The number of carbonyl (C=O) groups is 1. The average molecular weight is 280 g/mol. The summed E-state index contributed by atoms with van der Waals surface area (Å²) in [6, 6.07) is 0.331. The largest absolute Gasteiger partial charge is 0.381 e. The Bertz CT molecular complexity index is 348. The van der Waals surface area contributed by atoms with Gasteiger partial charge < -0.3 is 9.64 Å². The van der Waals surface area contributed by atoms with E-state index in [1.165, 1.54) is 25.7 Å². The van der Waals surface area contributed by atoms with Gasteiger partial charge in [0.15, 0.2) is 0 Å². The van der Waals surface area contributed by atoms with Gasteiger partial charge in [-0.15, -0.1) is 0 Å². The molecule has 1 saturated carbocycles. The fourth-order valence-electron chi connectivity index (χ4n) is 4.28. The van der Waals surface area contributed by atoms with Crippen molar-refractivity contribution in [2.75, 3.05) is 13.2 Å². The third-order valence-electron chi connectivity index (χ3n) is 5.58. The van der Waals surface area contributed by atoms with Crippen LogP contribution in [0.3, 0.4) is 0 Å². The van der Waals surface area contributed by atoms with Crippen LogP contribution in [0, 0.1) is 11.8 Å². The van der Waals surface area contributed by atoms with Gasteiger partial charge in [0.25, 0.3) is 0 Å². The van der Waals surface area contributed by atoms with Crippen LogP contribution >= 0.6 is 0 Å². The highest BCUT2D eigenvalue weighted by molar-refractivity contribution is 5.84. The molecule has 2 saturated heterocycles. The quantitative estimate of drug-likeness (QED) is 0.861. The molecule has 0 radical (unpaired) electrons. The monoisotopic (exact) mass is 280 g/mol. The Morgan fingerprint density at radius 3 is 2.50 bits per heavy atom. The number of nitrogens with zero attached hydrogens (tertiary/aromatic N) is 1. The minimum Gasteiger partial charge on any atom is -0.381 e. The molecule has 3 rings (SSSR count). The normalized spacial score (nSPS) is 34.9. The first-order chi connectivity index (χ1) is 9.68. The summed E-state index contributed by atoms with van der Waals surface area (Å²) in [5.74, 6) is 1.57. The van der Waals surface area contributed by atoms with E-state index in [4.69, 9.17) is 4.74 Å². The van der Waals surface area contributed by atoms with E-state index in [2.05, 4.69) is 17.1 Å².